The quantitative estimate of drug-likeness (QED) is 0.827. The van der Waals surface area contributed by atoms with E-state index in [4.69, 9.17) is 0 Å². The molecule has 0 unspecified atom stereocenters. The van der Waals surface area contributed by atoms with Crippen LogP contribution in [0.5, 0.6) is 0 Å². The van der Waals surface area contributed by atoms with Gasteiger partial charge < -0.3 is 5.32 Å². The molecule has 0 bridgehead atoms. The van der Waals surface area contributed by atoms with E-state index in [1.165, 1.54) is 0 Å². The molecule has 0 aliphatic heterocycles. The zero-order valence-electron chi connectivity index (χ0n) is 8.94. The van der Waals surface area contributed by atoms with Gasteiger partial charge >= 0.3 is 0 Å². The fourth-order valence-electron chi connectivity index (χ4n) is 1.41. The number of nitrogens with zero attached hydrogens (tertiary/aromatic N) is 3. The molecule has 0 fully saturated rings. The van der Waals surface area contributed by atoms with Gasteiger partial charge in [-0.3, -0.25) is 4.98 Å². The molecular formula is C11H14N4. The molecule has 0 atom stereocenters. The van der Waals surface area contributed by atoms with E-state index in [-0.39, 0.29) is 0 Å². The predicted octanol–water partition coefficient (Wildman–Crippen LogP) is 2.01. The Morgan fingerprint density at radius 2 is 2.27 bits per heavy atom. The van der Waals surface area contributed by atoms with E-state index in [2.05, 4.69) is 22.3 Å². The predicted molar refractivity (Wildman–Crippen MR) is 60.3 cm³/mol. The summed E-state index contributed by atoms with van der Waals surface area (Å²) >= 11 is 0. The van der Waals surface area contributed by atoms with Crippen molar-refractivity contribution in [2.24, 2.45) is 0 Å². The highest BCUT2D eigenvalue weighted by atomic mass is 15.3. The van der Waals surface area contributed by atoms with Crippen LogP contribution in [-0.4, -0.2) is 21.3 Å². The molecule has 1 N–H and O–H groups in total. The SMILES string of the molecule is CCNc1cncc(-n2ccc(C)n2)c1. The van der Waals surface area contributed by atoms with Gasteiger partial charge in [0.05, 0.1) is 29.5 Å². The van der Waals surface area contributed by atoms with Crippen LogP contribution in [0.25, 0.3) is 5.69 Å². The Hall–Kier alpha value is -1.84. The van der Waals surface area contributed by atoms with Gasteiger partial charge in [0.15, 0.2) is 0 Å². The third-order valence-corrected chi connectivity index (χ3v) is 2.09. The van der Waals surface area contributed by atoms with Crippen molar-refractivity contribution in [1.29, 1.82) is 0 Å². The lowest BCUT2D eigenvalue weighted by Crippen LogP contribution is -2.00. The summed E-state index contributed by atoms with van der Waals surface area (Å²) in [5, 5.41) is 7.55. The average Bonchev–Trinajstić information content (AvgIpc) is 2.66. The molecule has 0 aromatic carbocycles. The van der Waals surface area contributed by atoms with Crippen LogP contribution in [0.4, 0.5) is 5.69 Å². The van der Waals surface area contributed by atoms with Crippen molar-refractivity contribution >= 4 is 5.69 Å². The summed E-state index contributed by atoms with van der Waals surface area (Å²) in [5.41, 5.74) is 2.99. The van der Waals surface area contributed by atoms with Crippen molar-refractivity contribution in [3.63, 3.8) is 0 Å². The molecule has 0 radical (unpaired) electrons. The highest BCUT2D eigenvalue weighted by Crippen LogP contribution is 2.11. The fraction of sp³-hybridized carbons (Fsp3) is 0.273. The van der Waals surface area contributed by atoms with Gasteiger partial charge in [0, 0.05) is 12.7 Å². The summed E-state index contributed by atoms with van der Waals surface area (Å²) < 4.78 is 1.82. The third-order valence-electron chi connectivity index (χ3n) is 2.09. The van der Waals surface area contributed by atoms with E-state index in [1.807, 2.05) is 36.1 Å². The summed E-state index contributed by atoms with van der Waals surface area (Å²) in [7, 11) is 0. The number of pyridine rings is 1. The fourth-order valence-corrected chi connectivity index (χ4v) is 1.41. The summed E-state index contributed by atoms with van der Waals surface area (Å²) in [6.45, 7) is 4.92. The van der Waals surface area contributed by atoms with E-state index in [1.54, 1.807) is 6.20 Å². The Labute approximate surface area is 89.0 Å². The van der Waals surface area contributed by atoms with Gasteiger partial charge in [0.2, 0.25) is 0 Å². The van der Waals surface area contributed by atoms with Gasteiger partial charge in [0.25, 0.3) is 0 Å². The largest absolute Gasteiger partial charge is 0.384 e. The molecule has 0 saturated heterocycles. The summed E-state index contributed by atoms with van der Waals surface area (Å²) in [4.78, 5) is 4.17. The first kappa shape index (κ1) is 9.71. The van der Waals surface area contributed by atoms with E-state index in [9.17, 15) is 0 Å². The molecule has 4 heteroatoms. The van der Waals surface area contributed by atoms with Crippen molar-refractivity contribution < 1.29 is 0 Å². The Balaban J connectivity index is 2.32. The molecule has 0 aliphatic rings. The lowest BCUT2D eigenvalue weighted by molar-refractivity contribution is 0.857. The summed E-state index contributed by atoms with van der Waals surface area (Å²) in [6, 6.07) is 4.00. The molecular weight excluding hydrogens is 188 g/mol. The Morgan fingerprint density at radius 1 is 1.40 bits per heavy atom. The Bertz CT molecular complexity index is 447. The zero-order valence-corrected chi connectivity index (χ0v) is 8.94. The van der Waals surface area contributed by atoms with Gasteiger partial charge in [0.1, 0.15) is 0 Å². The van der Waals surface area contributed by atoms with Gasteiger partial charge in [-0.15, -0.1) is 0 Å². The molecule has 2 aromatic rings. The minimum atomic E-state index is 0.892. The van der Waals surface area contributed by atoms with Crippen LogP contribution in [0.1, 0.15) is 12.6 Å². The number of anilines is 1. The number of nitrogens with one attached hydrogen (secondary N) is 1. The van der Waals surface area contributed by atoms with Crippen molar-refractivity contribution in [2.45, 2.75) is 13.8 Å². The third kappa shape index (κ3) is 2.15. The maximum atomic E-state index is 4.33. The van der Waals surface area contributed by atoms with Crippen molar-refractivity contribution in [1.82, 2.24) is 14.8 Å². The van der Waals surface area contributed by atoms with Gasteiger partial charge in [-0.2, -0.15) is 5.10 Å². The molecule has 2 rings (SSSR count). The molecule has 78 valence electrons. The minimum Gasteiger partial charge on any atom is -0.384 e. The molecule has 2 aromatic heterocycles. The molecule has 15 heavy (non-hydrogen) atoms. The van der Waals surface area contributed by atoms with Gasteiger partial charge in [-0.1, -0.05) is 0 Å². The molecule has 2 heterocycles. The molecule has 0 aliphatic carbocycles. The molecule has 0 spiro atoms. The van der Waals surface area contributed by atoms with Crippen LogP contribution in [0.3, 0.4) is 0 Å². The molecule has 0 saturated carbocycles. The van der Waals surface area contributed by atoms with Crippen molar-refractivity contribution in [3.8, 4) is 5.69 Å². The van der Waals surface area contributed by atoms with Gasteiger partial charge in [-0.25, -0.2) is 4.68 Å². The molecule has 4 nitrogen and oxygen atoms in total. The second-order valence-corrected chi connectivity index (χ2v) is 3.36. The minimum absolute atomic E-state index is 0.892. The monoisotopic (exact) mass is 202 g/mol. The maximum Gasteiger partial charge on any atom is 0.0849 e. The number of hydrogen-bond donors (Lipinski definition) is 1. The van der Waals surface area contributed by atoms with E-state index in [0.717, 1.165) is 23.6 Å². The van der Waals surface area contributed by atoms with Crippen LogP contribution in [-0.2, 0) is 0 Å². The number of aromatic nitrogens is 3. The first-order chi connectivity index (χ1) is 7.29. The highest BCUT2D eigenvalue weighted by molar-refractivity contribution is 5.47. The van der Waals surface area contributed by atoms with Crippen LogP contribution >= 0.6 is 0 Å². The highest BCUT2D eigenvalue weighted by Gasteiger charge is 1.99. The smallest absolute Gasteiger partial charge is 0.0849 e. The van der Waals surface area contributed by atoms with Crippen LogP contribution in [0.2, 0.25) is 0 Å². The number of aryl methyl sites for hydroxylation is 1. The average molecular weight is 202 g/mol. The van der Waals surface area contributed by atoms with E-state index < -0.39 is 0 Å². The lowest BCUT2D eigenvalue weighted by Gasteiger charge is -2.05. The summed E-state index contributed by atoms with van der Waals surface area (Å²) in [5.74, 6) is 0. The zero-order chi connectivity index (χ0) is 10.7. The van der Waals surface area contributed by atoms with Crippen molar-refractivity contribution in [3.05, 3.63) is 36.4 Å². The summed E-state index contributed by atoms with van der Waals surface area (Å²) in [6.07, 6.45) is 5.54. The Morgan fingerprint density at radius 3 is 2.93 bits per heavy atom. The Kier molecular flexibility index (Phi) is 2.67. The number of hydrogen-bond acceptors (Lipinski definition) is 3. The number of rotatable bonds is 3. The topological polar surface area (TPSA) is 42.7 Å². The van der Waals surface area contributed by atoms with Crippen LogP contribution < -0.4 is 5.32 Å². The van der Waals surface area contributed by atoms with E-state index >= 15 is 0 Å². The van der Waals surface area contributed by atoms with Crippen molar-refractivity contribution in [2.75, 3.05) is 11.9 Å². The second-order valence-electron chi connectivity index (χ2n) is 3.36. The normalized spacial score (nSPS) is 10.3. The lowest BCUT2D eigenvalue weighted by atomic mass is 10.3. The van der Waals surface area contributed by atoms with Crippen LogP contribution in [0.15, 0.2) is 30.7 Å². The second kappa shape index (κ2) is 4.13. The maximum absolute atomic E-state index is 4.33. The van der Waals surface area contributed by atoms with E-state index in [0.29, 0.717) is 0 Å². The van der Waals surface area contributed by atoms with Gasteiger partial charge in [-0.05, 0) is 26.0 Å². The first-order valence-electron chi connectivity index (χ1n) is 5.01. The molecule has 0 amide bonds. The van der Waals surface area contributed by atoms with Crippen LogP contribution in [0, 0.1) is 6.92 Å². The standard InChI is InChI=1S/C11H14N4/c1-3-13-10-6-11(8-12-7-10)15-5-4-9(2)14-15/h4-8,13H,3H2,1-2H3. The first-order valence-corrected chi connectivity index (χ1v) is 5.01.